The zero-order valence-corrected chi connectivity index (χ0v) is 15.9. The van der Waals surface area contributed by atoms with E-state index in [1.807, 2.05) is 17.0 Å². The van der Waals surface area contributed by atoms with Crippen LogP contribution in [0.2, 0.25) is 0 Å². The SMILES string of the molecule is CCC(CC)(CCO)CNc1ccc(C(=O)N2CCC(C)CC2)cn1. The molecule has 0 bridgehead atoms. The molecule has 25 heavy (non-hydrogen) atoms. The van der Waals surface area contributed by atoms with E-state index in [-0.39, 0.29) is 17.9 Å². The van der Waals surface area contributed by atoms with Gasteiger partial charge in [0.25, 0.3) is 5.91 Å². The number of hydrogen-bond donors (Lipinski definition) is 2. The lowest BCUT2D eigenvalue weighted by molar-refractivity contribution is 0.0697. The van der Waals surface area contributed by atoms with Gasteiger partial charge in [0.2, 0.25) is 0 Å². The molecule has 1 aliphatic heterocycles. The third-order valence-corrected chi connectivity index (χ3v) is 5.87. The van der Waals surface area contributed by atoms with Crippen LogP contribution in [-0.2, 0) is 0 Å². The van der Waals surface area contributed by atoms with Crippen molar-refractivity contribution in [2.24, 2.45) is 11.3 Å². The molecule has 0 atom stereocenters. The third-order valence-electron chi connectivity index (χ3n) is 5.87. The van der Waals surface area contributed by atoms with Gasteiger partial charge < -0.3 is 15.3 Å². The summed E-state index contributed by atoms with van der Waals surface area (Å²) in [5, 5.41) is 12.7. The number of aliphatic hydroxyl groups is 1. The maximum Gasteiger partial charge on any atom is 0.255 e. The number of aromatic nitrogens is 1. The van der Waals surface area contributed by atoms with Crippen LogP contribution in [0.4, 0.5) is 5.82 Å². The average molecular weight is 348 g/mol. The first-order chi connectivity index (χ1) is 12.0. The second-order valence-corrected chi connectivity index (χ2v) is 7.44. The zero-order valence-electron chi connectivity index (χ0n) is 15.9. The fourth-order valence-corrected chi connectivity index (χ4v) is 3.48. The van der Waals surface area contributed by atoms with Gasteiger partial charge in [-0.1, -0.05) is 20.8 Å². The van der Waals surface area contributed by atoms with E-state index in [2.05, 4.69) is 31.1 Å². The summed E-state index contributed by atoms with van der Waals surface area (Å²) in [7, 11) is 0. The molecule has 2 rings (SSSR count). The Morgan fingerprint density at radius 2 is 2.00 bits per heavy atom. The van der Waals surface area contributed by atoms with E-state index in [9.17, 15) is 9.90 Å². The summed E-state index contributed by atoms with van der Waals surface area (Å²) >= 11 is 0. The van der Waals surface area contributed by atoms with Crippen molar-refractivity contribution in [1.29, 1.82) is 0 Å². The van der Waals surface area contributed by atoms with Crippen LogP contribution < -0.4 is 5.32 Å². The Morgan fingerprint density at radius 3 is 2.52 bits per heavy atom. The average Bonchev–Trinajstić information content (AvgIpc) is 2.66. The molecular formula is C20H33N3O2. The number of nitrogens with one attached hydrogen (secondary N) is 1. The molecular weight excluding hydrogens is 314 g/mol. The van der Waals surface area contributed by atoms with Crippen molar-refractivity contribution in [2.75, 3.05) is 31.6 Å². The first kappa shape index (κ1) is 19.7. The molecule has 0 aliphatic carbocycles. The Labute approximate surface area is 151 Å². The van der Waals surface area contributed by atoms with Gasteiger partial charge >= 0.3 is 0 Å². The van der Waals surface area contributed by atoms with Gasteiger partial charge in [-0.3, -0.25) is 4.79 Å². The van der Waals surface area contributed by atoms with E-state index in [1.165, 1.54) is 0 Å². The summed E-state index contributed by atoms with van der Waals surface area (Å²) in [6.07, 6.45) is 6.66. The molecule has 0 saturated carbocycles. The van der Waals surface area contributed by atoms with Crippen LogP contribution in [0.15, 0.2) is 18.3 Å². The number of rotatable bonds is 8. The number of anilines is 1. The van der Waals surface area contributed by atoms with Gasteiger partial charge in [-0.05, 0) is 55.6 Å². The minimum absolute atomic E-state index is 0.0858. The normalized spacial score (nSPS) is 16.1. The fraction of sp³-hybridized carbons (Fsp3) is 0.700. The van der Waals surface area contributed by atoms with Gasteiger partial charge in [-0.2, -0.15) is 0 Å². The Morgan fingerprint density at radius 1 is 1.32 bits per heavy atom. The van der Waals surface area contributed by atoms with Crippen molar-refractivity contribution in [3.8, 4) is 0 Å². The van der Waals surface area contributed by atoms with Crippen molar-refractivity contribution in [3.05, 3.63) is 23.9 Å². The number of pyridine rings is 1. The first-order valence-corrected chi connectivity index (χ1v) is 9.63. The van der Waals surface area contributed by atoms with E-state index >= 15 is 0 Å². The summed E-state index contributed by atoms with van der Waals surface area (Å²) in [5.74, 6) is 1.58. The standard InChI is InChI=1S/C20H33N3O2/c1-4-20(5-2,10-13-24)15-22-18-7-6-17(14-21-18)19(25)23-11-8-16(3)9-12-23/h6-7,14,16,24H,4-5,8-13,15H2,1-3H3,(H,21,22). The molecule has 0 unspecified atom stereocenters. The molecule has 5 nitrogen and oxygen atoms in total. The van der Waals surface area contributed by atoms with E-state index in [1.54, 1.807) is 6.20 Å². The lowest BCUT2D eigenvalue weighted by Crippen LogP contribution is -2.37. The van der Waals surface area contributed by atoms with Crippen LogP contribution >= 0.6 is 0 Å². The quantitative estimate of drug-likeness (QED) is 0.755. The molecule has 0 aromatic carbocycles. The van der Waals surface area contributed by atoms with Crippen LogP contribution in [0, 0.1) is 11.3 Å². The number of amides is 1. The highest BCUT2D eigenvalue weighted by Crippen LogP contribution is 2.30. The lowest BCUT2D eigenvalue weighted by atomic mass is 9.79. The summed E-state index contributed by atoms with van der Waals surface area (Å²) in [5.41, 5.74) is 0.753. The Kier molecular flexibility index (Phi) is 7.24. The fourth-order valence-electron chi connectivity index (χ4n) is 3.48. The van der Waals surface area contributed by atoms with Crippen molar-refractivity contribution in [1.82, 2.24) is 9.88 Å². The minimum Gasteiger partial charge on any atom is -0.396 e. The second kappa shape index (κ2) is 9.18. The van der Waals surface area contributed by atoms with Gasteiger partial charge in [0.05, 0.1) is 5.56 Å². The van der Waals surface area contributed by atoms with Crippen molar-refractivity contribution in [3.63, 3.8) is 0 Å². The molecule has 0 radical (unpaired) electrons. The predicted molar refractivity (Wildman–Crippen MR) is 102 cm³/mol. The largest absolute Gasteiger partial charge is 0.396 e. The summed E-state index contributed by atoms with van der Waals surface area (Å²) in [4.78, 5) is 18.9. The first-order valence-electron chi connectivity index (χ1n) is 9.63. The number of hydrogen-bond acceptors (Lipinski definition) is 4. The van der Waals surface area contributed by atoms with E-state index in [0.29, 0.717) is 11.5 Å². The van der Waals surface area contributed by atoms with Crippen LogP contribution in [0.25, 0.3) is 0 Å². The molecule has 1 aromatic rings. The van der Waals surface area contributed by atoms with Gasteiger partial charge in [0.1, 0.15) is 5.82 Å². The van der Waals surface area contributed by atoms with E-state index < -0.39 is 0 Å². The Bertz CT molecular complexity index is 532. The minimum atomic E-state index is 0.0858. The monoisotopic (exact) mass is 347 g/mol. The van der Waals surface area contributed by atoms with Gasteiger partial charge in [0.15, 0.2) is 0 Å². The Balaban J connectivity index is 1.94. The number of aliphatic hydroxyl groups excluding tert-OH is 1. The molecule has 2 N–H and O–H groups in total. The van der Waals surface area contributed by atoms with Gasteiger partial charge in [-0.25, -0.2) is 4.98 Å². The molecule has 1 aliphatic rings. The zero-order chi connectivity index (χ0) is 18.3. The van der Waals surface area contributed by atoms with Crippen molar-refractivity contribution >= 4 is 11.7 Å². The number of carbonyl (C=O) groups excluding carboxylic acids is 1. The number of likely N-dealkylation sites (tertiary alicyclic amines) is 1. The van der Waals surface area contributed by atoms with Gasteiger partial charge in [-0.15, -0.1) is 0 Å². The molecule has 1 amide bonds. The lowest BCUT2D eigenvalue weighted by Gasteiger charge is -2.31. The molecule has 5 heteroatoms. The number of nitrogens with zero attached hydrogens (tertiary/aromatic N) is 2. The van der Waals surface area contributed by atoms with Crippen molar-refractivity contribution < 1.29 is 9.90 Å². The van der Waals surface area contributed by atoms with Crippen molar-refractivity contribution in [2.45, 2.75) is 52.9 Å². The Hall–Kier alpha value is -1.62. The van der Waals surface area contributed by atoms with Crippen LogP contribution in [0.5, 0.6) is 0 Å². The molecule has 1 aromatic heterocycles. The highest BCUT2D eigenvalue weighted by atomic mass is 16.3. The molecule has 1 fully saturated rings. The van der Waals surface area contributed by atoms with Crippen LogP contribution in [0.3, 0.4) is 0 Å². The maximum absolute atomic E-state index is 12.6. The second-order valence-electron chi connectivity index (χ2n) is 7.44. The molecule has 1 saturated heterocycles. The maximum atomic E-state index is 12.6. The third kappa shape index (κ3) is 5.18. The molecule has 0 spiro atoms. The number of carbonyl (C=O) groups is 1. The summed E-state index contributed by atoms with van der Waals surface area (Å²) < 4.78 is 0. The van der Waals surface area contributed by atoms with Crippen LogP contribution in [-0.4, -0.2) is 47.1 Å². The topological polar surface area (TPSA) is 65.5 Å². The highest BCUT2D eigenvalue weighted by Gasteiger charge is 2.25. The summed E-state index contributed by atoms with van der Waals surface area (Å²) in [6.45, 7) is 9.25. The van der Waals surface area contributed by atoms with E-state index in [4.69, 9.17) is 0 Å². The smallest absolute Gasteiger partial charge is 0.255 e. The number of piperidine rings is 1. The molecule has 2 heterocycles. The highest BCUT2D eigenvalue weighted by molar-refractivity contribution is 5.94. The summed E-state index contributed by atoms with van der Waals surface area (Å²) in [6, 6.07) is 3.75. The van der Waals surface area contributed by atoms with Crippen LogP contribution in [0.1, 0.15) is 63.2 Å². The van der Waals surface area contributed by atoms with E-state index in [0.717, 1.165) is 57.6 Å². The predicted octanol–water partition coefficient (Wildman–Crippen LogP) is 3.55. The van der Waals surface area contributed by atoms with Gasteiger partial charge in [0, 0.05) is 32.4 Å². The molecule has 140 valence electrons.